The van der Waals surface area contributed by atoms with Gasteiger partial charge in [0, 0.05) is 24.6 Å². The molecule has 1 aliphatic carbocycles. The number of aryl methyl sites for hydroxylation is 1. The van der Waals surface area contributed by atoms with Crippen LogP contribution < -0.4 is 0 Å². The molecular weight excluding hydrogens is 220 g/mol. The standard InChI is InChI=1S/C16H18N2/c1-2-3-4-9-16-17-11-14-13-8-6-5-7-12(13)10-15(14)18-16/h5-8,11H,2-4,9-10H2,1H3. The Labute approximate surface area is 108 Å². The van der Waals surface area contributed by atoms with Gasteiger partial charge in [0.2, 0.25) is 0 Å². The fourth-order valence-electron chi connectivity index (χ4n) is 2.59. The Morgan fingerprint density at radius 3 is 2.89 bits per heavy atom. The minimum Gasteiger partial charge on any atom is -0.241 e. The van der Waals surface area contributed by atoms with Gasteiger partial charge in [-0.05, 0) is 17.5 Å². The van der Waals surface area contributed by atoms with Crippen LogP contribution in [0.25, 0.3) is 11.1 Å². The highest BCUT2D eigenvalue weighted by Gasteiger charge is 2.19. The second-order valence-electron chi connectivity index (χ2n) is 4.94. The van der Waals surface area contributed by atoms with Crippen molar-refractivity contribution in [3.8, 4) is 11.1 Å². The molecule has 2 heteroatoms. The quantitative estimate of drug-likeness (QED) is 0.646. The summed E-state index contributed by atoms with van der Waals surface area (Å²) in [5.74, 6) is 1.01. The maximum Gasteiger partial charge on any atom is 0.128 e. The molecule has 1 aromatic heterocycles. The highest BCUT2D eigenvalue weighted by atomic mass is 14.9. The van der Waals surface area contributed by atoms with E-state index in [9.17, 15) is 0 Å². The van der Waals surface area contributed by atoms with Crippen LogP contribution in [0.15, 0.2) is 30.5 Å². The van der Waals surface area contributed by atoms with E-state index < -0.39 is 0 Å². The molecule has 0 fully saturated rings. The second kappa shape index (κ2) is 4.89. The van der Waals surface area contributed by atoms with E-state index in [0.29, 0.717) is 0 Å². The van der Waals surface area contributed by atoms with Gasteiger partial charge in [0.05, 0.1) is 5.69 Å². The van der Waals surface area contributed by atoms with Crippen LogP contribution in [0.5, 0.6) is 0 Å². The van der Waals surface area contributed by atoms with Crippen LogP contribution in [0.2, 0.25) is 0 Å². The Balaban J connectivity index is 1.84. The van der Waals surface area contributed by atoms with E-state index in [0.717, 1.165) is 18.7 Å². The summed E-state index contributed by atoms with van der Waals surface area (Å²) < 4.78 is 0. The number of fused-ring (bicyclic) bond motifs is 3. The Morgan fingerprint density at radius 1 is 1.11 bits per heavy atom. The predicted octanol–water partition coefficient (Wildman–Crippen LogP) is 3.78. The molecule has 1 aliphatic rings. The van der Waals surface area contributed by atoms with Gasteiger partial charge < -0.3 is 0 Å². The van der Waals surface area contributed by atoms with E-state index in [1.807, 2.05) is 6.20 Å². The fourth-order valence-corrected chi connectivity index (χ4v) is 2.59. The molecule has 18 heavy (non-hydrogen) atoms. The van der Waals surface area contributed by atoms with Crippen LogP contribution in [0.3, 0.4) is 0 Å². The molecular formula is C16H18N2. The van der Waals surface area contributed by atoms with Gasteiger partial charge in [-0.3, -0.25) is 0 Å². The number of benzene rings is 1. The summed E-state index contributed by atoms with van der Waals surface area (Å²) in [5.41, 5.74) is 5.13. The zero-order valence-corrected chi connectivity index (χ0v) is 10.8. The van der Waals surface area contributed by atoms with Crippen molar-refractivity contribution in [2.45, 2.75) is 39.0 Å². The first-order valence-electron chi connectivity index (χ1n) is 6.81. The summed E-state index contributed by atoms with van der Waals surface area (Å²) >= 11 is 0. The molecule has 0 saturated carbocycles. The lowest BCUT2D eigenvalue weighted by atomic mass is 10.1. The molecule has 0 N–H and O–H groups in total. The molecule has 0 amide bonds. The Hall–Kier alpha value is -1.70. The summed E-state index contributed by atoms with van der Waals surface area (Å²) in [5, 5.41) is 0. The van der Waals surface area contributed by atoms with Gasteiger partial charge in [0.25, 0.3) is 0 Å². The lowest BCUT2D eigenvalue weighted by Crippen LogP contribution is -1.98. The molecule has 0 atom stereocenters. The average Bonchev–Trinajstić information content (AvgIpc) is 2.76. The van der Waals surface area contributed by atoms with Gasteiger partial charge in [0.15, 0.2) is 0 Å². The number of nitrogens with zero attached hydrogens (tertiary/aromatic N) is 2. The Morgan fingerprint density at radius 2 is 2.00 bits per heavy atom. The van der Waals surface area contributed by atoms with Crippen molar-refractivity contribution in [3.05, 3.63) is 47.5 Å². The van der Waals surface area contributed by atoms with Crippen LogP contribution in [0.4, 0.5) is 0 Å². The van der Waals surface area contributed by atoms with Gasteiger partial charge in [-0.25, -0.2) is 9.97 Å². The third kappa shape index (κ3) is 2.03. The highest BCUT2D eigenvalue weighted by Crippen LogP contribution is 2.34. The third-order valence-electron chi connectivity index (χ3n) is 3.59. The van der Waals surface area contributed by atoms with E-state index in [2.05, 4.69) is 36.2 Å². The first-order valence-corrected chi connectivity index (χ1v) is 6.81. The monoisotopic (exact) mass is 238 g/mol. The molecule has 2 nitrogen and oxygen atoms in total. The van der Waals surface area contributed by atoms with E-state index in [1.165, 1.54) is 41.6 Å². The van der Waals surface area contributed by atoms with Crippen LogP contribution in [0.1, 0.15) is 43.3 Å². The van der Waals surface area contributed by atoms with E-state index in [4.69, 9.17) is 4.98 Å². The number of aromatic nitrogens is 2. The zero-order valence-electron chi connectivity index (χ0n) is 10.8. The molecule has 0 saturated heterocycles. The Kier molecular flexibility index (Phi) is 3.09. The highest BCUT2D eigenvalue weighted by molar-refractivity contribution is 5.74. The molecule has 2 aromatic rings. The first-order chi connectivity index (χ1) is 8.88. The van der Waals surface area contributed by atoms with E-state index in [1.54, 1.807) is 0 Å². The Bertz CT molecular complexity index is 561. The number of unbranched alkanes of at least 4 members (excludes halogenated alkanes) is 2. The van der Waals surface area contributed by atoms with E-state index >= 15 is 0 Å². The fraction of sp³-hybridized carbons (Fsp3) is 0.375. The smallest absolute Gasteiger partial charge is 0.128 e. The normalized spacial score (nSPS) is 12.3. The van der Waals surface area contributed by atoms with Crippen molar-refractivity contribution in [1.29, 1.82) is 0 Å². The predicted molar refractivity (Wildman–Crippen MR) is 73.5 cm³/mol. The summed E-state index contributed by atoms with van der Waals surface area (Å²) in [4.78, 5) is 9.24. The van der Waals surface area contributed by atoms with Crippen LogP contribution in [-0.4, -0.2) is 9.97 Å². The van der Waals surface area contributed by atoms with Gasteiger partial charge in [-0.15, -0.1) is 0 Å². The summed E-state index contributed by atoms with van der Waals surface area (Å²) in [7, 11) is 0. The zero-order chi connectivity index (χ0) is 12.4. The summed E-state index contributed by atoms with van der Waals surface area (Å²) in [6, 6.07) is 8.54. The maximum atomic E-state index is 4.73. The molecule has 1 aromatic carbocycles. The topological polar surface area (TPSA) is 25.8 Å². The number of rotatable bonds is 4. The largest absolute Gasteiger partial charge is 0.241 e. The first kappa shape index (κ1) is 11.4. The number of hydrogen-bond donors (Lipinski definition) is 0. The molecule has 3 rings (SSSR count). The molecule has 0 unspecified atom stereocenters. The van der Waals surface area contributed by atoms with Crippen molar-refractivity contribution in [3.63, 3.8) is 0 Å². The average molecular weight is 238 g/mol. The van der Waals surface area contributed by atoms with E-state index in [-0.39, 0.29) is 0 Å². The number of hydrogen-bond acceptors (Lipinski definition) is 2. The summed E-state index contributed by atoms with van der Waals surface area (Å²) in [6.45, 7) is 2.22. The van der Waals surface area contributed by atoms with Gasteiger partial charge in [0.1, 0.15) is 5.82 Å². The lowest BCUT2D eigenvalue weighted by molar-refractivity contribution is 0.691. The van der Waals surface area contributed by atoms with Crippen LogP contribution in [-0.2, 0) is 12.8 Å². The lowest BCUT2D eigenvalue weighted by Gasteiger charge is -2.03. The maximum absolute atomic E-state index is 4.73. The van der Waals surface area contributed by atoms with Gasteiger partial charge in [-0.2, -0.15) is 0 Å². The summed E-state index contributed by atoms with van der Waals surface area (Å²) in [6.07, 6.45) is 7.70. The van der Waals surface area contributed by atoms with Crippen molar-refractivity contribution in [1.82, 2.24) is 9.97 Å². The van der Waals surface area contributed by atoms with Crippen molar-refractivity contribution < 1.29 is 0 Å². The van der Waals surface area contributed by atoms with Crippen molar-refractivity contribution >= 4 is 0 Å². The van der Waals surface area contributed by atoms with Crippen molar-refractivity contribution in [2.24, 2.45) is 0 Å². The molecule has 0 radical (unpaired) electrons. The van der Waals surface area contributed by atoms with Gasteiger partial charge >= 0.3 is 0 Å². The second-order valence-corrected chi connectivity index (χ2v) is 4.94. The molecule has 1 heterocycles. The van der Waals surface area contributed by atoms with Gasteiger partial charge in [-0.1, -0.05) is 44.0 Å². The molecule has 0 spiro atoms. The van der Waals surface area contributed by atoms with Crippen LogP contribution in [0, 0.1) is 0 Å². The minimum atomic E-state index is 0.967. The van der Waals surface area contributed by atoms with Crippen LogP contribution >= 0.6 is 0 Å². The van der Waals surface area contributed by atoms with Crippen molar-refractivity contribution in [2.75, 3.05) is 0 Å². The minimum absolute atomic E-state index is 0.967. The molecule has 92 valence electrons. The SMILES string of the molecule is CCCCCc1ncc2c(n1)Cc1ccccc1-2. The molecule has 0 bridgehead atoms. The molecule has 0 aliphatic heterocycles. The third-order valence-corrected chi connectivity index (χ3v) is 3.59.